The molecular formula is C9H10BrN3. The van der Waals surface area contributed by atoms with Gasteiger partial charge in [0.15, 0.2) is 0 Å². The zero-order valence-corrected chi connectivity index (χ0v) is 8.95. The molecule has 3 nitrogen and oxygen atoms in total. The summed E-state index contributed by atoms with van der Waals surface area (Å²) in [6.07, 6.45) is 4.19. The number of nitrogens with zero attached hydrogens (tertiary/aromatic N) is 3. The van der Waals surface area contributed by atoms with Crippen LogP contribution in [0.25, 0.3) is 0 Å². The van der Waals surface area contributed by atoms with Crippen LogP contribution in [0.15, 0.2) is 10.8 Å². The van der Waals surface area contributed by atoms with Gasteiger partial charge < -0.3 is 0 Å². The van der Waals surface area contributed by atoms with Crippen LogP contribution >= 0.6 is 15.9 Å². The van der Waals surface area contributed by atoms with Crippen molar-refractivity contribution in [2.24, 2.45) is 5.92 Å². The first-order chi connectivity index (χ1) is 6.24. The van der Waals surface area contributed by atoms with E-state index in [9.17, 15) is 0 Å². The van der Waals surface area contributed by atoms with Crippen LogP contribution in [0.1, 0.15) is 31.4 Å². The molecule has 1 aromatic heterocycles. The van der Waals surface area contributed by atoms with Gasteiger partial charge in [-0.05, 0) is 41.6 Å². The maximum Gasteiger partial charge on any atom is 0.122 e. The van der Waals surface area contributed by atoms with Gasteiger partial charge in [0, 0.05) is 0 Å². The first-order valence-corrected chi connectivity index (χ1v) is 5.16. The lowest BCUT2D eigenvalue weighted by Gasteiger charge is -2.11. The van der Waals surface area contributed by atoms with Crippen LogP contribution in [0.3, 0.4) is 0 Å². The first kappa shape index (κ1) is 8.76. The summed E-state index contributed by atoms with van der Waals surface area (Å²) in [4.78, 5) is 0. The van der Waals surface area contributed by atoms with E-state index in [1.165, 1.54) is 12.8 Å². The van der Waals surface area contributed by atoms with E-state index in [0.29, 0.717) is 11.6 Å². The van der Waals surface area contributed by atoms with Gasteiger partial charge in [-0.1, -0.05) is 0 Å². The molecule has 1 aliphatic carbocycles. The molecule has 0 saturated heterocycles. The fourth-order valence-corrected chi connectivity index (χ4v) is 2.09. The molecule has 68 valence electrons. The fraction of sp³-hybridized carbons (Fsp3) is 0.556. The van der Waals surface area contributed by atoms with Gasteiger partial charge in [0.1, 0.15) is 16.2 Å². The second kappa shape index (κ2) is 3.15. The lowest BCUT2D eigenvalue weighted by atomic mass is 10.2. The molecule has 0 spiro atoms. The van der Waals surface area contributed by atoms with Crippen molar-refractivity contribution in [1.82, 2.24) is 9.78 Å². The Labute approximate surface area is 85.5 Å². The van der Waals surface area contributed by atoms with Crippen molar-refractivity contribution in [3.05, 3.63) is 16.4 Å². The van der Waals surface area contributed by atoms with Crippen molar-refractivity contribution >= 4 is 15.9 Å². The van der Waals surface area contributed by atoms with Crippen LogP contribution in [0.4, 0.5) is 0 Å². The minimum atomic E-state index is 0.413. The summed E-state index contributed by atoms with van der Waals surface area (Å²) in [5, 5.41) is 12.9. The van der Waals surface area contributed by atoms with Crippen LogP contribution in [0.2, 0.25) is 0 Å². The largest absolute Gasteiger partial charge is 0.254 e. The fourth-order valence-electron chi connectivity index (χ4n) is 1.48. The first-order valence-electron chi connectivity index (χ1n) is 4.37. The highest BCUT2D eigenvalue weighted by molar-refractivity contribution is 9.10. The van der Waals surface area contributed by atoms with Crippen LogP contribution < -0.4 is 0 Å². The van der Waals surface area contributed by atoms with Crippen LogP contribution in [-0.2, 0) is 0 Å². The molecule has 4 heteroatoms. The van der Waals surface area contributed by atoms with Gasteiger partial charge in [-0.2, -0.15) is 10.4 Å². The van der Waals surface area contributed by atoms with Gasteiger partial charge in [-0.25, -0.2) is 0 Å². The molecule has 13 heavy (non-hydrogen) atoms. The average molecular weight is 240 g/mol. The quantitative estimate of drug-likeness (QED) is 0.796. The summed E-state index contributed by atoms with van der Waals surface area (Å²) in [7, 11) is 0. The summed E-state index contributed by atoms with van der Waals surface area (Å²) in [6, 6.07) is 2.51. The predicted octanol–water partition coefficient (Wildman–Crippen LogP) is 2.49. The van der Waals surface area contributed by atoms with E-state index in [-0.39, 0.29) is 0 Å². The van der Waals surface area contributed by atoms with E-state index < -0.39 is 0 Å². The van der Waals surface area contributed by atoms with E-state index in [4.69, 9.17) is 5.26 Å². The van der Waals surface area contributed by atoms with E-state index >= 15 is 0 Å². The Bertz CT molecular complexity index is 359. The molecule has 0 aliphatic heterocycles. The lowest BCUT2D eigenvalue weighted by molar-refractivity contribution is 0.432. The zero-order valence-electron chi connectivity index (χ0n) is 7.37. The number of hydrogen-bond acceptors (Lipinski definition) is 2. The van der Waals surface area contributed by atoms with Crippen molar-refractivity contribution in [3.8, 4) is 6.07 Å². The van der Waals surface area contributed by atoms with E-state index in [2.05, 4.69) is 34.0 Å². The van der Waals surface area contributed by atoms with Crippen LogP contribution in [0, 0.1) is 17.2 Å². The average Bonchev–Trinajstić information content (AvgIpc) is 2.89. The Kier molecular flexibility index (Phi) is 2.12. The van der Waals surface area contributed by atoms with E-state index in [1.807, 2.05) is 4.68 Å². The lowest BCUT2D eigenvalue weighted by Crippen LogP contribution is -2.08. The Morgan fingerprint density at radius 1 is 1.77 bits per heavy atom. The van der Waals surface area contributed by atoms with Crippen LogP contribution in [-0.4, -0.2) is 9.78 Å². The van der Waals surface area contributed by atoms with E-state index in [0.717, 1.165) is 10.5 Å². The monoisotopic (exact) mass is 239 g/mol. The predicted molar refractivity (Wildman–Crippen MR) is 52.1 cm³/mol. The van der Waals surface area contributed by atoms with Gasteiger partial charge >= 0.3 is 0 Å². The molecule has 1 atom stereocenters. The maximum atomic E-state index is 8.73. The van der Waals surface area contributed by atoms with Crippen molar-refractivity contribution in [1.29, 1.82) is 5.26 Å². The standard InChI is InChI=1S/C9H10BrN3/c1-6(7-2-3-7)13-9(10)8(4-11)5-12-13/h5-7H,2-3H2,1H3/t6-/m0/s1. The molecular weight excluding hydrogens is 230 g/mol. The third-order valence-corrected chi connectivity index (χ3v) is 3.34. The number of rotatable bonds is 2. The van der Waals surface area contributed by atoms with Crippen molar-refractivity contribution in [2.75, 3.05) is 0 Å². The van der Waals surface area contributed by atoms with Gasteiger partial charge in [0.2, 0.25) is 0 Å². The second-order valence-corrected chi connectivity index (χ2v) is 4.23. The zero-order chi connectivity index (χ0) is 9.42. The highest BCUT2D eigenvalue weighted by Crippen LogP contribution is 2.40. The number of halogens is 1. The molecule has 1 aromatic rings. The summed E-state index contributed by atoms with van der Waals surface area (Å²) >= 11 is 3.39. The molecule has 0 bridgehead atoms. The summed E-state index contributed by atoms with van der Waals surface area (Å²) in [5.74, 6) is 0.753. The molecule has 2 rings (SSSR count). The van der Waals surface area contributed by atoms with Gasteiger partial charge in [-0.15, -0.1) is 0 Å². The number of hydrogen-bond donors (Lipinski definition) is 0. The van der Waals surface area contributed by atoms with Crippen molar-refractivity contribution in [2.45, 2.75) is 25.8 Å². The maximum absolute atomic E-state index is 8.73. The summed E-state index contributed by atoms with van der Waals surface area (Å²) in [5.41, 5.74) is 0.618. The second-order valence-electron chi connectivity index (χ2n) is 3.48. The molecule has 0 N–H and O–H groups in total. The van der Waals surface area contributed by atoms with Crippen molar-refractivity contribution in [3.63, 3.8) is 0 Å². The van der Waals surface area contributed by atoms with Gasteiger partial charge in [-0.3, -0.25) is 4.68 Å². The van der Waals surface area contributed by atoms with Crippen LogP contribution in [0.5, 0.6) is 0 Å². The molecule has 0 unspecified atom stereocenters. The molecule has 1 fully saturated rings. The normalized spacial score (nSPS) is 18.2. The SMILES string of the molecule is C[C@@H](C1CC1)n1ncc(C#N)c1Br. The number of aromatic nitrogens is 2. The molecule has 1 heterocycles. The van der Waals surface area contributed by atoms with Gasteiger partial charge in [0.05, 0.1) is 12.2 Å². The Balaban J connectivity index is 2.30. The minimum Gasteiger partial charge on any atom is -0.254 e. The van der Waals surface area contributed by atoms with Crippen molar-refractivity contribution < 1.29 is 0 Å². The Hall–Kier alpha value is -0.820. The third kappa shape index (κ3) is 1.49. The summed E-state index contributed by atoms with van der Waals surface area (Å²) < 4.78 is 2.71. The van der Waals surface area contributed by atoms with Gasteiger partial charge in [0.25, 0.3) is 0 Å². The Morgan fingerprint density at radius 3 is 2.92 bits per heavy atom. The Morgan fingerprint density at radius 2 is 2.46 bits per heavy atom. The molecule has 0 amide bonds. The minimum absolute atomic E-state index is 0.413. The molecule has 0 aromatic carbocycles. The smallest absolute Gasteiger partial charge is 0.122 e. The molecule has 1 aliphatic rings. The molecule has 1 saturated carbocycles. The summed E-state index contributed by atoms with van der Waals surface area (Å²) in [6.45, 7) is 2.15. The third-order valence-electron chi connectivity index (χ3n) is 2.55. The number of nitriles is 1. The topological polar surface area (TPSA) is 41.6 Å². The van der Waals surface area contributed by atoms with E-state index in [1.54, 1.807) is 6.20 Å². The molecule has 0 radical (unpaired) electrons. The highest BCUT2D eigenvalue weighted by Gasteiger charge is 2.30. The highest BCUT2D eigenvalue weighted by atomic mass is 79.9.